The molecule has 23 heavy (non-hydrogen) atoms. The van der Waals surface area contributed by atoms with E-state index in [0.717, 1.165) is 23.6 Å². The van der Waals surface area contributed by atoms with Crippen molar-refractivity contribution in [1.82, 2.24) is 30.0 Å². The summed E-state index contributed by atoms with van der Waals surface area (Å²) in [7, 11) is 0. The van der Waals surface area contributed by atoms with Crippen LogP contribution >= 0.6 is 0 Å². The van der Waals surface area contributed by atoms with Crippen LogP contribution in [0.25, 0.3) is 5.69 Å². The largest absolute Gasteiger partial charge is 0.344 e. The SMILES string of the molecule is CCC(NC(=O)c1ccccc1-n1cnnc1)c1ncc(C)[nH]1. The smallest absolute Gasteiger partial charge is 0.254 e. The molecule has 3 aromatic rings. The quantitative estimate of drug-likeness (QED) is 0.756. The molecule has 7 heteroatoms. The Morgan fingerprint density at radius 3 is 2.70 bits per heavy atom. The number of aryl methyl sites for hydroxylation is 1. The minimum atomic E-state index is -0.162. The van der Waals surface area contributed by atoms with Crippen molar-refractivity contribution < 1.29 is 4.79 Å². The number of hydrogen-bond acceptors (Lipinski definition) is 4. The highest BCUT2D eigenvalue weighted by Crippen LogP contribution is 2.17. The van der Waals surface area contributed by atoms with Gasteiger partial charge in [0, 0.05) is 11.9 Å². The molecule has 3 rings (SSSR count). The van der Waals surface area contributed by atoms with E-state index in [1.807, 2.05) is 32.0 Å². The topological polar surface area (TPSA) is 88.5 Å². The highest BCUT2D eigenvalue weighted by Gasteiger charge is 2.19. The Labute approximate surface area is 133 Å². The van der Waals surface area contributed by atoms with Crippen LogP contribution in [0.5, 0.6) is 0 Å². The molecule has 0 radical (unpaired) electrons. The number of carbonyl (C=O) groups excluding carboxylic acids is 1. The number of amides is 1. The molecule has 1 amide bonds. The summed E-state index contributed by atoms with van der Waals surface area (Å²) >= 11 is 0. The first-order valence-electron chi connectivity index (χ1n) is 7.45. The molecule has 0 fully saturated rings. The normalized spacial score (nSPS) is 12.1. The average molecular weight is 310 g/mol. The molecule has 2 aromatic heterocycles. The molecule has 0 bridgehead atoms. The van der Waals surface area contributed by atoms with Crippen LogP contribution in [0, 0.1) is 6.92 Å². The van der Waals surface area contributed by atoms with Crippen LogP contribution in [0.4, 0.5) is 0 Å². The molecule has 1 unspecified atom stereocenters. The van der Waals surface area contributed by atoms with Gasteiger partial charge in [0.1, 0.15) is 18.5 Å². The molecule has 0 saturated heterocycles. The van der Waals surface area contributed by atoms with Crippen molar-refractivity contribution in [3.8, 4) is 5.69 Å². The second-order valence-corrected chi connectivity index (χ2v) is 5.27. The van der Waals surface area contributed by atoms with E-state index in [0.29, 0.717) is 5.56 Å². The number of aromatic nitrogens is 5. The second-order valence-electron chi connectivity index (χ2n) is 5.27. The number of para-hydroxylation sites is 1. The van der Waals surface area contributed by atoms with Gasteiger partial charge in [-0.05, 0) is 25.5 Å². The molecule has 2 N–H and O–H groups in total. The van der Waals surface area contributed by atoms with E-state index in [9.17, 15) is 4.79 Å². The van der Waals surface area contributed by atoms with Crippen LogP contribution in [-0.4, -0.2) is 30.6 Å². The Balaban J connectivity index is 1.86. The zero-order chi connectivity index (χ0) is 16.2. The maximum atomic E-state index is 12.7. The Hall–Kier alpha value is -2.96. The molecular weight excluding hydrogens is 292 g/mol. The molecule has 0 aliphatic heterocycles. The fourth-order valence-corrected chi connectivity index (χ4v) is 2.43. The van der Waals surface area contributed by atoms with Gasteiger partial charge >= 0.3 is 0 Å². The standard InChI is InChI=1S/C16H18N6O/c1-3-13(15-17-8-11(2)20-15)21-16(23)12-6-4-5-7-14(12)22-9-18-19-10-22/h4-10,13H,3H2,1-2H3,(H,17,20)(H,21,23). The van der Waals surface area contributed by atoms with E-state index in [1.54, 1.807) is 29.5 Å². The third-order valence-corrected chi connectivity index (χ3v) is 3.61. The predicted molar refractivity (Wildman–Crippen MR) is 85.2 cm³/mol. The first-order valence-corrected chi connectivity index (χ1v) is 7.45. The van der Waals surface area contributed by atoms with E-state index >= 15 is 0 Å². The zero-order valence-corrected chi connectivity index (χ0v) is 13.0. The molecule has 0 spiro atoms. The van der Waals surface area contributed by atoms with E-state index in [4.69, 9.17) is 0 Å². The zero-order valence-electron chi connectivity index (χ0n) is 13.0. The fourth-order valence-electron chi connectivity index (χ4n) is 2.43. The number of H-pyrrole nitrogens is 1. The van der Waals surface area contributed by atoms with Crippen LogP contribution in [0.1, 0.15) is 41.3 Å². The van der Waals surface area contributed by atoms with Gasteiger partial charge in [0.15, 0.2) is 0 Å². The minimum absolute atomic E-state index is 0.157. The number of rotatable bonds is 5. The lowest BCUT2D eigenvalue weighted by atomic mass is 10.1. The van der Waals surface area contributed by atoms with Gasteiger partial charge < -0.3 is 10.3 Å². The average Bonchev–Trinajstić information content (AvgIpc) is 3.24. The number of carbonyl (C=O) groups is 1. The molecule has 0 aliphatic carbocycles. The van der Waals surface area contributed by atoms with Crippen LogP contribution in [-0.2, 0) is 0 Å². The Bertz CT molecular complexity index is 793. The molecule has 1 aromatic carbocycles. The minimum Gasteiger partial charge on any atom is -0.344 e. The summed E-state index contributed by atoms with van der Waals surface area (Å²) in [6, 6.07) is 7.19. The van der Waals surface area contributed by atoms with Gasteiger partial charge in [-0.2, -0.15) is 0 Å². The van der Waals surface area contributed by atoms with E-state index in [2.05, 4.69) is 25.5 Å². The third kappa shape index (κ3) is 3.13. The molecule has 2 heterocycles. The number of aromatic amines is 1. The Morgan fingerprint density at radius 2 is 2.04 bits per heavy atom. The first kappa shape index (κ1) is 15.0. The summed E-state index contributed by atoms with van der Waals surface area (Å²) in [6.07, 6.45) is 5.64. The van der Waals surface area contributed by atoms with Crippen molar-refractivity contribution in [1.29, 1.82) is 0 Å². The van der Waals surface area contributed by atoms with Gasteiger partial charge in [0.05, 0.1) is 17.3 Å². The van der Waals surface area contributed by atoms with Crippen LogP contribution in [0.3, 0.4) is 0 Å². The van der Waals surface area contributed by atoms with Gasteiger partial charge in [-0.15, -0.1) is 10.2 Å². The van der Waals surface area contributed by atoms with Gasteiger partial charge in [-0.1, -0.05) is 19.1 Å². The Kier molecular flexibility index (Phi) is 4.18. The van der Waals surface area contributed by atoms with Crippen molar-refractivity contribution in [3.63, 3.8) is 0 Å². The van der Waals surface area contributed by atoms with Crippen molar-refractivity contribution >= 4 is 5.91 Å². The highest BCUT2D eigenvalue weighted by atomic mass is 16.1. The molecule has 118 valence electrons. The molecular formula is C16H18N6O. The van der Waals surface area contributed by atoms with Gasteiger partial charge in [0.2, 0.25) is 0 Å². The third-order valence-electron chi connectivity index (χ3n) is 3.61. The summed E-state index contributed by atoms with van der Waals surface area (Å²) in [5, 5.41) is 10.6. The van der Waals surface area contributed by atoms with Crippen LogP contribution in [0.15, 0.2) is 43.1 Å². The Morgan fingerprint density at radius 1 is 1.30 bits per heavy atom. The maximum absolute atomic E-state index is 12.7. The highest BCUT2D eigenvalue weighted by molar-refractivity contribution is 5.97. The number of imidazole rings is 1. The van der Waals surface area contributed by atoms with Gasteiger partial charge in [0.25, 0.3) is 5.91 Å². The summed E-state index contributed by atoms with van der Waals surface area (Å²) < 4.78 is 1.72. The summed E-state index contributed by atoms with van der Waals surface area (Å²) in [6.45, 7) is 3.95. The predicted octanol–water partition coefficient (Wildman–Crippen LogP) is 2.18. The monoisotopic (exact) mass is 310 g/mol. The molecule has 1 atom stereocenters. The van der Waals surface area contributed by atoms with E-state index < -0.39 is 0 Å². The van der Waals surface area contributed by atoms with Crippen molar-refractivity contribution in [3.05, 3.63) is 60.2 Å². The van der Waals surface area contributed by atoms with Crippen molar-refractivity contribution in [2.45, 2.75) is 26.3 Å². The lowest BCUT2D eigenvalue weighted by molar-refractivity contribution is 0.0934. The molecule has 0 saturated carbocycles. The summed E-state index contributed by atoms with van der Waals surface area (Å²) in [5.74, 6) is 0.607. The first-order chi connectivity index (χ1) is 11.2. The van der Waals surface area contributed by atoms with E-state index in [-0.39, 0.29) is 11.9 Å². The molecule has 7 nitrogen and oxygen atoms in total. The number of nitrogens with one attached hydrogen (secondary N) is 2. The van der Waals surface area contributed by atoms with Crippen molar-refractivity contribution in [2.75, 3.05) is 0 Å². The fraction of sp³-hybridized carbons (Fsp3) is 0.250. The lowest BCUT2D eigenvalue weighted by Crippen LogP contribution is -2.29. The van der Waals surface area contributed by atoms with E-state index in [1.165, 1.54) is 0 Å². The van der Waals surface area contributed by atoms with Gasteiger partial charge in [-0.3, -0.25) is 9.36 Å². The van der Waals surface area contributed by atoms with Crippen LogP contribution < -0.4 is 5.32 Å². The second kappa shape index (κ2) is 6.43. The summed E-state index contributed by atoms with van der Waals surface area (Å²) in [5.41, 5.74) is 2.27. The van der Waals surface area contributed by atoms with Crippen LogP contribution in [0.2, 0.25) is 0 Å². The van der Waals surface area contributed by atoms with Gasteiger partial charge in [-0.25, -0.2) is 4.98 Å². The molecule has 0 aliphatic rings. The maximum Gasteiger partial charge on any atom is 0.254 e. The lowest BCUT2D eigenvalue weighted by Gasteiger charge is -2.16. The van der Waals surface area contributed by atoms with Crippen molar-refractivity contribution in [2.24, 2.45) is 0 Å². The number of hydrogen-bond donors (Lipinski definition) is 2. The number of nitrogens with zero attached hydrogens (tertiary/aromatic N) is 4. The number of benzene rings is 1. The summed E-state index contributed by atoms with van der Waals surface area (Å²) in [4.78, 5) is 20.2.